The van der Waals surface area contributed by atoms with E-state index < -0.39 is 39.6 Å². The normalized spacial score (nSPS) is 18.3. The van der Waals surface area contributed by atoms with E-state index in [0.29, 0.717) is 16.9 Å². The third kappa shape index (κ3) is 4.73. The van der Waals surface area contributed by atoms with Crippen molar-refractivity contribution in [2.75, 3.05) is 17.3 Å². The highest BCUT2D eigenvalue weighted by Crippen LogP contribution is 2.65. The number of benzene rings is 3. The van der Waals surface area contributed by atoms with E-state index in [9.17, 15) is 18.4 Å². The molecule has 0 heterocycles. The summed E-state index contributed by atoms with van der Waals surface area (Å²) in [5.41, 5.74) is 1.32. The molecular weight excluding hydrogens is 528 g/mol. The smallest absolute Gasteiger partial charge is 0.259 e. The Kier molecular flexibility index (Phi) is 6.80. The van der Waals surface area contributed by atoms with Gasteiger partial charge in [0.05, 0.1) is 21.5 Å². The van der Waals surface area contributed by atoms with Gasteiger partial charge in [0.25, 0.3) is 5.91 Å². The van der Waals surface area contributed by atoms with E-state index >= 15 is 0 Å². The lowest BCUT2D eigenvalue weighted by Gasteiger charge is -2.18. The van der Waals surface area contributed by atoms with E-state index in [4.69, 9.17) is 46.4 Å². The maximum absolute atomic E-state index is 13.9. The monoisotopic (exact) mass is 542 g/mol. The maximum atomic E-state index is 13.9. The molecule has 4 nitrogen and oxygen atoms in total. The summed E-state index contributed by atoms with van der Waals surface area (Å²) in [5, 5.41) is 2.80. The first-order valence-electron chi connectivity index (χ1n) is 9.97. The molecular formula is C24H16Cl4F2N2O2. The number of nitrogens with one attached hydrogen (secondary N) is 1. The minimum Gasteiger partial charge on any atom is -0.326 e. The van der Waals surface area contributed by atoms with Crippen LogP contribution in [0.4, 0.5) is 20.2 Å². The van der Waals surface area contributed by atoms with Gasteiger partial charge >= 0.3 is 0 Å². The van der Waals surface area contributed by atoms with Gasteiger partial charge < -0.3 is 10.2 Å². The number of carbonyl (C=O) groups is 2. The highest BCUT2D eigenvalue weighted by molar-refractivity contribution is 6.53. The van der Waals surface area contributed by atoms with Crippen molar-refractivity contribution in [3.05, 3.63) is 93.5 Å². The van der Waals surface area contributed by atoms with Gasteiger partial charge in [-0.05, 0) is 60.2 Å². The van der Waals surface area contributed by atoms with Gasteiger partial charge in [-0.15, -0.1) is 23.2 Å². The molecule has 0 saturated heterocycles. The summed E-state index contributed by atoms with van der Waals surface area (Å²) >= 11 is 24.6. The van der Waals surface area contributed by atoms with E-state index in [2.05, 4.69) is 5.32 Å². The Morgan fingerprint density at radius 3 is 2.24 bits per heavy atom. The summed E-state index contributed by atoms with van der Waals surface area (Å²) in [6, 6.07) is 13.9. The van der Waals surface area contributed by atoms with Crippen LogP contribution >= 0.6 is 46.4 Å². The molecule has 0 bridgehead atoms. The minimum absolute atomic E-state index is 0.0517. The second kappa shape index (κ2) is 9.34. The van der Waals surface area contributed by atoms with Crippen molar-refractivity contribution in [2.24, 2.45) is 5.92 Å². The highest BCUT2D eigenvalue weighted by Gasteiger charge is 2.67. The number of alkyl halides is 2. The third-order valence-corrected chi connectivity index (χ3v) is 7.20. The van der Waals surface area contributed by atoms with E-state index in [1.54, 1.807) is 6.07 Å². The van der Waals surface area contributed by atoms with Crippen molar-refractivity contribution in [3.8, 4) is 0 Å². The van der Waals surface area contributed by atoms with Gasteiger partial charge in [0.2, 0.25) is 5.91 Å². The molecule has 2 amide bonds. The lowest BCUT2D eigenvalue weighted by Crippen LogP contribution is -2.26. The maximum Gasteiger partial charge on any atom is 0.259 e. The molecule has 0 unspecified atom stereocenters. The zero-order chi connectivity index (χ0) is 24.8. The van der Waals surface area contributed by atoms with Crippen LogP contribution in [0.2, 0.25) is 10.0 Å². The largest absolute Gasteiger partial charge is 0.326 e. The number of nitrogens with zero attached hydrogens (tertiary/aromatic N) is 1. The van der Waals surface area contributed by atoms with Crippen LogP contribution in [0, 0.1) is 17.6 Å². The molecule has 1 N–H and O–H groups in total. The molecule has 0 spiro atoms. The number of hydrogen-bond acceptors (Lipinski definition) is 2. The van der Waals surface area contributed by atoms with Gasteiger partial charge in [-0.1, -0.05) is 29.3 Å². The molecule has 1 fully saturated rings. The number of halogens is 6. The Morgan fingerprint density at radius 2 is 1.59 bits per heavy atom. The molecule has 0 aliphatic heterocycles. The molecule has 0 aromatic heterocycles. The van der Waals surface area contributed by atoms with Crippen LogP contribution in [0.3, 0.4) is 0 Å². The number of hydrogen-bond donors (Lipinski definition) is 1. The summed E-state index contributed by atoms with van der Waals surface area (Å²) in [5.74, 6) is -3.52. The van der Waals surface area contributed by atoms with Crippen molar-refractivity contribution in [3.63, 3.8) is 0 Å². The molecule has 2 atom stereocenters. The fraction of sp³-hybridized carbons (Fsp3) is 0.167. The van der Waals surface area contributed by atoms with Crippen LogP contribution in [0.25, 0.3) is 0 Å². The average Bonchev–Trinajstić information content (AvgIpc) is 3.38. The van der Waals surface area contributed by atoms with Gasteiger partial charge in [0, 0.05) is 24.3 Å². The zero-order valence-electron chi connectivity index (χ0n) is 17.5. The van der Waals surface area contributed by atoms with Crippen LogP contribution in [-0.4, -0.2) is 23.2 Å². The summed E-state index contributed by atoms with van der Waals surface area (Å²) < 4.78 is 25.6. The fourth-order valence-electron chi connectivity index (χ4n) is 3.72. The predicted octanol–water partition coefficient (Wildman–Crippen LogP) is 7.07. The molecule has 176 valence electrons. The predicted molar refractivity (Wildman–Crippen MR) is 131 cm³/mol. The van der Waals surface area contributed by atoms with E-state index in [0.717, 1.165) is 0 Å². The molecule has 3 aromatic rings. The average molecular weight is 544 g/mol. The Labute approximate surface area is 214 Å². The van der Waals surface area contributed by atoms with Crippen molar-refractivity contribution in [1.29, 1.82) is 0 Å². The third-order valence-electron chi connectivity index (χ3n) is 5.62. The Bertz CT molecular complexity index is 1280. The molecule has 1 saturated carbocycles. The molecule has 1 aliphatic carbocycles. The number of carbonyl (C=O) groups excluding carboxylic acids is 2. The first-order valence-corrected chi connectivity index (χ1v) is 11.5. The number of rotatable bonds is 5. The summed E-state index contributed by atoms with van der Waals surface area (Å²) in [7, 11) is 1.52. The standard InChI is InChI=1S/C24H16Cl4F2N2O2/c1-32(15-6-3-13(29)4-7-15)23(34)16-11-14(5-9-17(16)25)31-22(33)21-20(24(21,27)28)12-2-8-18(26)19(30)10-12/h2-11,20-21H,1H3,(H,31,33)/t20-,21+/m0/s1. The van der Waals surface area contributed by atoms with Crippen LogP contribution in [0.5, 0.6) is 0 Å². The van der Waals surface area contributed by atoms with Gasteiger partial charge in [-0.3, -0.25) is 9.59 Å². The zero-order valence-corrected chi connectivity index (χ0v) is 20.5. The van der Waals surface area contributed by atoms with Crippen LogP contribution in [0.1, 0.15) is 21.8 Å². The SMILES string of the molecule is CN(C(=O)c1cc(NC(=O)[C@H]2[C@H](c3ccc(Cl)c(F)c3)C2(Cl)Cl)ccc1Cl)c1ccc(F)cc1. The first-order chi connectivity index (χ1) is 16.0. The Hall–Kier alpha value is -2.38. The molecule has 1 aliphatic rings. The van der Waals surface area contributed by atoms with Crippen LogP contribution < -0.4 is 10.2 Å². The second-order valence-corrected chi connectivity index (χ2v) is 10.1. The Balaban J connectivity index is 1.53. The molecule has 10 heteroatoms. The van der Waals surface area contributed by atoms with E-state index in [1.807, 2.05) is 0 Å². The lowest BCUT2D eigenvalue weighted by atomic mass is 10.1. The summed E-state index contributed by atoms with van der Waals surface area (Å²) in [6.45, 7) is 0. The molecule has 4 rings (SSSR count). The summed E-state index contributed by atoms with van der Waals surface area (Å²) in [6.07, 6.45) is 0. The van der Waals surface area contributed by atoms with Crippen LogP contribution in [0.15, 0.2) is 60.7 Å². The molecule has 0 radical (unpaired) electrons. The first kappa shape index (κ1) is 24.7. The van der Waals surface area contributed by atoms with Crippen molar-refractivity contribution in [1.82, 2.24) is 0 Å². The highest BCUT2D eigenvalue weighted by atomic mass is 35.5. The number of anilines is 2. The number of amides is 2. The fourth-order valence-corrected chi connectivity index (χ4v) is 4.87. The van der Waals surface area contributed by atoms with Gasteiger partial charge in [-0.25, -0.2) is 8.78 Å². The van der Waals surface area contributed by atoms with E-state index in [-0.39, 0.29) is 15.6 Å². The van der Waals surface area contributed by atoms with Crippen molar-refractivity contribution >= 4 is 69.6 Å². The Morgan fingerprint density at radius 1 is 0.941 bits per heavy atom. The summed E-state index contributed by atoms with van der Waals surface area (Å²) in [4.78, 5) is 27.2. The van der Waals surface area contributed by atoms with E-state index in [1.165, 1.54) is 66.5 Å². The van der Waals surface area contributed by atoms with Crippen molar-refractivity contribution in [2.45, 2.75) is 10.3 Å². The molecule has 34 heavy (non-hydrogen) atoms. The van der Waals surface area contributed by atoms with Crippen molar-refractivity contribution < 1.29 is 18.4 Å². The molecule has 3 aromatic carbocycles. The van der Waals surface area contributed by atoms with Crippen LogP contribution in [-0.2, 0) is 4.79 Å². The van der Waals surface area contributed by atoms with Gasteiger partial charge in [-0.2, -0.15) is 0 Å². The topological polar surface area (TPSA) is 49.4 Å². The van der Waals surface area contributed by atoms with Gasteiger partial charge in [0.15, 0.2) is 0 Å². The lowest BCUT2D eigenvalue weighted by molar-refractivity contribution is -0.117. The van der Waals surface area contributed by atoms with Gasteiger partial charge in [0.1, 0.15) is 16.0 Å². The quantitative estimate of drug-likeness (QED) is 0.350. The minimum atomic E-state index is -1.43. The second-order valence-electron chi connectivity index (χ2n) is 7.83.